The van der Waals surface area contributed by atoms with Gasteiger partial charge in [0.25, 0.3) is 16.3 Å². The molecule has 0 amide bonds. The van der Waals surface area contributed by atoms with Crippen LogP contribution in [-0.4, -0.2) is 66.3 Å². The van der Waals surface area contributed by atoms with Gasteiger partial charge in [0, 0.05) is 28.2 Å². The molecule has 2 saturated heterocycles. The zero-order valence-corrected chi connectivity index (χ0v) is 11.8. The van der Waals surface area contributed by atoms with Crippen molar-refractivity contribution in [1.82, 2.24) is 4.90 Å². The molecule has 0 aromatic carbocycles. The van der Waals surface area contributed by atoms with E-state index in [1.54, 1.807) is 0 Å². The fraction of sp³-hybridized carbons (Fsp3) is 0.857. The summed E-state index contributed by atoms with van der Waals surface area (Å²) in [4.78, 5) is 2.23. The van der Waals surface area contributed by atoms with E-state index in [1.807, 2.05) is 0 Å². The van der Waals surface area contributed by atoms with Crippen molar-refractivity contribution in [2.24, 2.45) is 5.92 Å². The minimum Gasteiger partial charge on any atom is -0.390 e. The van der Waals surface area contributed by atoms with Crippen LogP contribution in [0.5, 0.6) is 0 Å². The van der Waals surface area contributed by atoms with Crippen molar-refractivity contribution in [2.75, 3.05) is 19.7 Å². The van der Waals surface area contributed by atoms with Gasteiger partial charge in [0.15, 0.2) is 0 Å². The Hall–Kier alpha value is 0.495. The molecule has 64 valence electrons. The minimum atomic E-state index is 0.299. The van der Waals surface area contributed by atoms with Crippen LogP contribution in [0, 0.1) is 11.3 Å². The summed E-state index contributed by atoms with van der Waals surface area (Å²) >= 11 is 2.05. The molecule has 5 heteroatoms. The molecule has 2 fully saturated rings. The Bertz CT molecular complexity index is 223. The predicted molar refractivity (Wildman–Crippen MR) is 53.2 cm³/mol. The standard InChI is InChI=1S/C7H10N2O.2Al.4H/c8-5-9-2-1-7-6(3-9)4-10-7;;;;;;/h6,8H,1-4H2;;;;;;. The zero-order chi connectivity index (χ0) is 8.77. The lowest BCUT2D eigenvalue weighted by Gasteiger charge is -2.54. The Balaban J connectivity index is 2.00. The Morgan fingerprint density at radius 2 is 2.42 bits per heavy atom. The van der Waals surface area contributed by atoms with Crippen molar-refractivity contribution < 1.29 is 4.74 Å². The summed E-state index contributed by atoms with van der Waals surface area (Å²) in [5.74, 6) is 0.743. The Morgan fingerprint density at radius 3 is 2.83 bits per heavy atom. The highest BCUT2D eigenvalue weighted by atomic mass is 27.1. The summed E-state index contributed by atoms with van der Waals surface area (Å²) < 4.78 is 6.78. The molecule has 3 nitrogen and oxygen atoms in total. The predicted octanol–water partition coefficient (Wildman–Crippen LogP) is -1.76. The second kappa shape index (κ2) is 3.01. The van der Waals surface area contributed by atoms with Crippen LogP contribution in [0.1, 0.15) is 6.42 Å². The van der Waals surface area contributed by atoms with E-state index in [0.29, 0.717) is 4.46 Å². The molecule has 0 spiro atoms. The molecule has 2 atom stereocenters. The normalized spacial score (nSPS) is 40.0. The highest BCUT2D eigenvalue weighted by Crippen LogP contribution is 2.37. The monoisotopic (exact) mass is 196 g/mol. The summed E-state index contributed by atoms with van der Waals surface area (Å²) in [5, 5.41) is 7.59. The maximum Gasteiger partial charge on any atom is 0.316 e. The number of ether oxygens (including phenoxy) is 1. The number of fused-ring (bicyclic) bond motifs is 1. The summed E-state index contributed by atoms with van der Waals surface area (Å²) in [6, 6.07) is 0. The Labute approximate surface area is 88.8 Å². The topological polar surface area (TPSA) is 36.3 Å². The van der Waals surface area contributed by atoms with Crippen LogP contribution in [-0.2, 0) is 4.74 Å². The van der Waals surface area contributed by atoms with E-state index < -0.39 is 0 Å². The average molecular weight is 196 g/mol. The molecular formula is C7H14Al2N2O. The van der Waals surface area contributed by atoms with Gasteiger partial charge in [0.05, 0.1) is 6.61 Å². The molecule has 2 rings (SSSR count). The molecule has 0 aliphatic carbocycles. The summed E-state index contributed by atoms with van der Waals surface area (Å²) in [5.41, 5.74) is 0. The number of amidine groups is 1. The zero-order valence-electron chi connectivity index (χ0n) is 7.76. The largest absolute Gasteiger partial charge is 0.390 e. The molecule has 2 unspecified atom stereocenters. The van der Waals surface area contributed by atoms with Gasteiger partial charge in [-0.15, -0.1) is 0 Å². The lowest BCUT2D eigenvalue weighted by atomic mass is 9.90. The molecule has 12 heavy (non-hydrogen) atoms. The third-order valence-electron chi connectivity index (χ3n) is 3.27. The minimum absolute atomic E-state index is 0.299. The van der Waals surface area contributed by atoms with Crippen molar-refractivity contribution in [1.29, 1.82) is 5.41 Å². The first kappa shape index (κ1) is 9.07. The van der Waals surface area contributed by atoms with Crippen molar-refractivity contribution in [2.45, 2.75) is 10.9 Å². The van der Waals surface area contributed by atoms with Gasteiger partial charge < -0.3 is 15.0 Å². The second-order valence-corrected chi connectivity index (χ2v) is 6.74. The molecule has 0 bridgehead atoms. The molecule has 2 aliphatic heterocycles. The summed E-state index contributed by atoms with van der Waals surface area (Å²) in [6.45, 7) is 3.09. The number of nitrogens with zero attached hydrogens (tertiary/aromatic N) is 1. The van der Waals surface area contributed by atoms with Gasteiger partial charge in [-0.2, -0.15) is 0 Å². The van der Waals surface area contributed by atoms with Crippen LogP contribution in [0.2, 0.25) is 0 Å². The smallest absolute Gasteiger partial charge is 0.316 e. The molecule has 0 aromatic heterocycles. The van der Waals surface area contributed by atoms with Gasteiger partial charge in [-0.25, -0.2) is 0 Å². The summed E-state index contributed by atoms with van der Waals surface area (Å²) in [7, 11) is 0. The van der Waals surface area contributed by atoms with Crippen LogP contribution in [0.4, 0.5) is 0 Å². The van der Waals surface area contributed by atoms with Gasteiger partial charge >= 0.3 is 16.3 Å². The number of rotatable bonds is 0. The van der Waals surface area contributed by atoms with Gasteiger partial charge in [-0.1, -0.05) is 0 Å². The maximum absolute atomic E-state index is 7.59. The van der Waals surface area contributed by atoms with E-state index >= 15 is 0 Å². The van der Waals surface area contributed by atoms with Gasteiger partial charge in [-0.3, -0.25) is 0 Å². The highest BCUT2D eigenvalue weighted by molar-refractivity contribution is 6.57. The van der Waals surface area contributed by atoms with E-state index in [1.165, 1.54) is 0 Å². The number of nitrogens with one attached hydrogen (secondary N) is 1. The van der Waals surface area contributed by atoms with Crippen LogP contribution in [0.25, 0.3) is 0 Å². The third kappa shape index (κ3) is 1.35. The molecule has 0 aromatic rings. The SMILES string of the molecule is N=[C]([AlH2])N1CC[C]2([AlH2])OCC2C1. The van der Waals surface area contributed by atoms with Gasteiger partial charge in [0.2, 0.25) is 0 Å². The first-order valence-corrected chi connectivity index (χ1v) is 6.56. The molecule has 2 aliphatic rings. The quantitative estimate of drug-likeness (QED) is 0.283. The van der Waals surface area contributed by atoms with Crippen LogP contribution < -0.4 is 0 Å². The van der Waals surface area contributed by atoms with E-state index in [2.05, 4.69) is 4.90 Å². The molecule has 1 N–H and O–H groups in total. The van der Waals surface area contributed by atoms with Crippen molar-refractivity contribution in [3.63, 3.8) is 0 Å². The van der Waals surface area contributed by atoms with E-state index in [0.717, 1.165) is 69.3 Å². The number of piperidine rings is 1. The van der Waals surface area contributed by atoms with Crippen molar-refractivity contribution in [3.05, 3.63) is 0 Å². The Morgan fingerprint density at radius 1 is 1.67 bits per heavy atom. The molecule has 2 heterocycles. The van der Waals surface area contributed by atoms with Crippen LogP contribution in [0.15, 0.2) is 0 Å². The average Bonchev–Trinajstić information content (AvgIpc) is 1.99. The lowest BCUT2D eigenvalue weighted by molar-refractivity contribution is -0.172. The van der Waals surface area contributed by atoms with E-state index in [-0.39, 0.29) is 0 Å². The van der Waals surface area contributed by atoms with Crippen molar-refractivity contribution >= 4 is 37.3 Å². The number of hydrogen-bond acceptors (Lipinski definition) is 2. The van der Waals surface area contributed by atoms with Gasteiger partial charge in [-0.05, 0) is 6.42 Å². The van der Waals surface area contributed by atoms with Crippen molar-refractivity contribution in [3.8, 4) is 0 Å². The molecular weight excluding hydrogens is 182 g/mol. The lowest BCUT2D eigenvalue weighted by Crippen LogP contribution is -2.63. The van der Waals surface area contributed by atoms with E-state index in [4.69, 9.17) is 10.1 Å². The van der Waals surface area contributed by atoms with E-state index in [9.17, 15) is 0 Å². The van der Waals surface area contributed by atoms with Crippen LogP contribution in [0.3, 0.4) is 0 Å². The number of hydrogen-bond donors (Lipinski definition) is 1. The fourth-order valence-corrected chi connectivity index (χ4v) is 3.17. The first-order valence-electron chi connectivity index (χ1n) is 4.56. The molecule has 0 saturated carbocycles. The first-order chi connectivity index (χ1) is 5.62. The molecule has 0 radical (unpaired) electrons. The third-order valence-corrected chi connectivity index (χ3v) is 5.51. The maximum atomic E-state index is 7.59. The summed E-state index contributed by atoms with van der Waals surface area (Å²) in [6.07, 6.45) is 1.16. The fourth-order valence-electron chi connectivity index (χ4n) is 2.03. The number of likely N-dealkylation sites (tertiary alicyclic amines) is 1. The highest BCUT2D eigenvalue weighted by Gasteiger charge is 2.46. The van der Waals surface area contributed by atoms with Gasteiger partial charge in [0.1, 0.15) is 0 Å². The van der Waals surface area contributed by atoms with Crippen LogP contribution >= 0.6 is 0 Å². The Kier molecular flexibility index (Phi) is 2.28. The second-order valence-electron chi connectivity index (χ2n) is 4.10.